The maximum atomic E-state index is 12.6. The number of carbonyl (C=O) groups is 1. The molecule has 1 aromatic carbocycles. The first-order valence-electron chi connectivity index (χ1n) is 10.1. The Labute approximate surface area is 181 Å². The molecule has 8 nitrogen and oxygen atoms in total. The highest BCUT2D eigenvalue weighted by Gasteiger charge is 2.33. The molecule has 2 aromatic rings. The number of piperazine rings is 1. The highest BCUT2D eigenvalue weighted by Crippen LogP contribution is 2.31. The van der Waals surface area contributed by atoms with Crippen LogP contribution in [0.15, 0.2) is 24.3 Å². The maximum Gasteiger partial charge on any atom is 0.322 e. The molecule has 0 aliphatic carbocycles. The highest BCUT2D eigenvalue weighted by molar-refractivity contribution is 7.91. The zero-order valence-electron chi connectivity index (χ0n) is 17.1. The van der Waals surface area contributed by atoms with Gasteiger partial charge in [-0.1, -0.05) is 23.7 Å². The van der Waals surface area contributed by atoms with Gasteiger partial charge in [0.05, 0.1) is 45.3 Å². The zero-order chi connectivity index (χ0) is 21.5. The number of carbonyl (C=O) groups excluding carboxylic acids is 1. The number of nitrogens with zero attached hydrogens (tertiary/aromatic N) is 4. The number of halogens is 1. The molecule has 0 saturated carbocycles. The van der Waals surface area contributed by atoms with E-state index < -0.39 is 9.84 Å². The lowest BCUT2D eigenvalue weighted by Gasteiger charge is -2.36. The topological polar surface area (TPSA) is 87.5 Å². The van der Waals surface area contributed by atoms with E-state index in [1.54, 1.807) is 17.0 Å². The molecule has 1 atom stereocenters. The molecule has 0 radical (unpaired) electrons. The normalized spacial score (nSPS) is 21.1. The quantitative estimate of drug-likeness (QED) is 0.775. The minimum atomic E-state index is -2.97. The van der Waals surface area contributed by atoms with Crippen molar-refractivity contribution in [3.05, 3.63) is 40.7 Å². The van der Waals surface area contributed by atoms with E-state index in [-0.39, 0.29) is 23.6 Å². The van der Waals surface area contributed by atoms with Gasteiger partial charge in [0.25, 0.3) is 0 Å². The minimum absolute atomic E-state index is 0.0925. The van der Waals surface area contributed by atoms with E-state index in [0.717, 1.165) is 17.1 Å². The molecule has 0 spiro atoms. The van der Waals surface area contributed by atoms with Crippen molar-refractivity contribution in [1.29, 1.82) is 0 Å². The molecule has 162 valence electrons. The molecule has 2 aliphatic rings. The molecular weight excluding hydrogens is 426 g/mol. The monoisotopic (exact) mass is 451 g/mol. The number of amides is 2. The van der Waals surface area contributed by atoms with E-state index >= 15 is 0 Å². The number of sulfone groups is 1. The van der Waals surface area contributed by atoms with Gasteiger partial charge in [0.2, 0.25) is 0 Å². The summed E-state index contributed by atoms with van der Waals surface area (Å²) in [4.78, 5) is 16.6. The Morgan fingerprint density at radius 2 is 1.87 bits per heavy atom. The average molecular weight is 452 g/mol. The summed E-state index contributed by atoms with van der Waals surface area (Å²) in [6.45, 7) is 6.49. The highest BCUT2D eigenvalue weighted by atomic mass is 35.5. The van der Waals surface area contributed by atoms with Crippen molar-refractivity contribution < 1.29 is 13.2 Å². The van der Waals surface area contributed by atoms with Gasteiger partial charge in [-0.25, -0.2) is 13.2 Å². The first-order chi connectivity index (χ1) is 14.2. The predicted octanol–water partition coefficient (Wildman–Crippen LogP) is 2.87. The first kappa shape index (κ1) is 21.0. The second-order valence-electron chi connectivity index (χ2n) is 7.90. The van der Waals surface area contributed by atoms with Crippen LogP contribution < -0.4 is 10.2 Å². The predicted molar refractivity (Wildman–Crippen MR) is 118 cm³/mol. The van der Waals surface area contributed by atoms with E-state index in [1.165, 1.54) is 0 Å². The van der Waals surface area contributed by atoms with Gasteiger partial charge in [0, 0.05) is 26.2 Å². The second kappa shape index (κ2) is 8.11. The second-order valence-corrected chi connectivity index (χ2v) is 10.5. The van der Waals surface area contributed by atoms with Crippen LogP contribution in [0.5, 0.6) is 0 Å². The van der Waals surface area contributed by atoms with Gasteiger partial charge in [-0.15, -0.1) is 0 Å². The third-order valence-electron chi connectivity index (χ3n) is 5.84. The summed E-state index contributed by atoms with van der Waals surface area (Å²) < 4.78 is 25.6. The Morgan fingerprint density at radius 3 is 2.50 bits per heavy atom. The van der Waals surface area contributed by atoms with Crippen LogP contribution in [-0.2, 0) is 9.84 Å². The Morgan fingerprint density at radius 1 is 1.17 bits per heavy atom. The fourth-order valence-corrected chi connectivity index (χ4v) is 6.20. The van der Waals surface area contributed by atoms with E-state index in [4.69, 9.17) is 11.6 Å². The molecule has 1 aromatic heterocycles. The van der Waals surface area contributed by atoms with E-state index in [2.05, 4.69) is 15.3 Å². The van der Waals surface area contributed by atoms with Crippen LogP contribution in [0.25, 0.3) is 0 Å². The molecule has 4 rings (SSSR count). The van der Waals surface area contributed by atoms with Gasteiger partial charge in [0.15, 0.2) is 9.84 Å². The fourth-order valence-electron chi connectivity index (χ4n) is 4.33. The van der Waals surface area contributed by atoms with Crippen LogP contribution in [-0.4, -0.2) is 66.8 Å². The van der Waals surface area contributed by atoms with Crippen LogP contribution in [0.2, 0.25) is 5.02 Å². The van der Waals surface area contributed by atoms with Crippen molar-refractivity contribution in [1.82, 2.24) is 14.7 Å². The van der Waals surface area contributed by atoms with Crippen molar-refractivity contribution in [2.45, 2.75) is 26.3 Å². The Hall–Kier alpha value is -2.26. The molecule has 0 bridgehead atoms. The van der Waals surface area contributed by atoms with Crippen molar-refractivity contribution in [3.63, 3.8) is 0 Å². The summed E-state index contributed by atoms with van der Waals surface area (Å²) >= 11 is 6.13. The van der Waals surface area contributed by atoms with Crippen molar-refractivity contribution in [3.8, 4) is 0 Å². The summed E-state index contributed by atoms with van der Waals surface area (Å²) in [7, 11) is -2.97. The van der Waals surface area contributed by atoms with Crippen LogP contribution >= 0.6 is 11.6 Å². The SMILES string of the molecule is Cc1nn(C2CCS(=O)(=O)C2)c(C)c1N1CCN(C(=O)Nc2ccccc2Cl)CC1. The summed E-state index contributed by atoms with van der Waals surface area (Å²) in [5, 5.41) is 8.04. The van der Waals surface area contributed by atoms with Crippen LogP contribution in [0, 0.1) is 13.8 Å². The van der Waals surface area contributed by atoms with Gasteiger partial charge in [-0.3, -0.25) is 4.68 Å². The number of aromatic nitrogens is 2. The third kappa shape index (κ3) is 4.13. The molecular formula is C20H26ClN5O3S. The summed E-state index contributed by atoms with van der Waals surface area (Å²) in [6, 6.07) is 6.92. The van der Waals surface area contributed by atoms with Gasteiger partial charge in [0.1, 0.15) is 0 Å². The van der Waals surface area contributed by atoms with Crippen LogP contribution in [0.1, 0.15) is 23.9 Å². The van der Waals surface area contributed by atoms with Crippen molar-refractivity contribution >= 4 is 38.8 Å². The van der Waals surface area contributed by atoms with E-state index in [9.17, 15) is 13.2 Å². The fraction of sp³-hybridized carbons (Fsp3) is 0.500. The van der Waals surface area contributed by atoms with Gasteiger partial charge in [-0.05, 0) is 32.4 Å². The number of nitrogens with one attached hydrogen (secondary N) is 1. The molecule has 2 saturated heterocycles. The molecule has 2 amide bonds. The Balaban J connectivity index is 1.42. The summed E-state index contributed by atoms with van der Waals surface area (Å²) in [5.74, 6) is 0.384. The van der Waals surface area contributed by atoms with Crippen LogP contribution in [0.3, 0.4) is 0 Å². The molecule has 1 unspecified atom stereocenters. The smallest absolute Gasteiger partial charge is 0.322 e. The standard InChI is InChI=1S/C20H26ClN5O3S/c1-14-19(15(2)26(23-14)16-7-12-30(28,29)13-16)24-8-10-25(11-9-24)20(27)22-18-6-4-3-5-17(18)21/h3-6,16H,7-13H2,1-2H3,(H,22,27). The maximum absolute atomic E-state index is 12.6. The molecule has 10 heteroatoms. The number of aryl methyl sites for hydroxylation is 1. The summed E-state index contributed by atoms with van der Waals surface area (Å²) in [5.41, 5.74) is 3.53. The molecule has 2 fully saturated rings. The molecule has 30 heavy (non-hydrogen) atoms. The number of benzene rings is 1. The van der Waals surface area contributed by atoms with Gasteiger partial charge < -0.3 is 15.1 Å². The summed E-state index contributed by atoms with van der Waals surface area (Å²) in [6.07, 6.45) is 0.611. The number of hydrogen-bond acceptors (Lipinski definition) is 5. The van der Waals surface area contributed by atoms with Crippen molar-refractivity contribution in [2.75, 3.05) is 47.9 Å². The van der Waals surface area contributed by atoms with E-state index in [1.807, 2.05) is 30.7 Å². The number of urea groups is 1. The lowest BCUT2D eigenvalue weighted by Crippen LogP contribution is -2.50. The first-order valence-corrected chi connectivity index (χ1v) is 12.3. The number of rotatable bonds is 3. The molecule has 2 aliphatic heterocycles. The molecule has 3 heterocycles. The number of hydrogen-bond donors (Lipinski definition) is 1. The average Bonchev–Trinajstić information content (AvgIpc) is 3.22. The van der Waals surface area contributed by atoms with Crippen molar-refractivity contribution in [2.24, 2.45) is 0 Å². The number of anilines is 2. The minimum Gasteiger partial charge on any atom is -0.365 e. The Kier molecular flexibility index (Phi) is 5.67. The lowest BCUT2D eigenvalue weighted by molar-refractivity contribution is 0.208. The lowest BCUT2D eigenvalue weighted by atomic mass is 10.2. The molecule has 1 N–H and O–H groups in total. The van der Waals surface area contributed by atoms with E-state index in [0.29, 0.717) is 43.3 Å². The van der Waals surface area contributed by atoms with Gasteiger partial charge >= 0.3 is 6.03 Å². The number of para-hydroxylation sites is 1. The van der Waals surface area contributed by atoms with Crippen LogP contribution in [0.4, 0.5) is 16.2 Å². The zero-order valence-corrected chi connectivity index (χ0v) is 18.7. The van der Waals surface area contributed by atoms with Gasteiger partial charge in [-0.2, -0.15) is 5.10 Å². The Bertz CT molecular complexity index is 1060. The largest absolute Gasteiger partial charge is 0.365 e. The third-order valence-corrected chi connectivity index (χ3v) is 7.92.